The smallest absolute Gasteiger partial charge is 0.342 e. The van der Waals surface area contributed by atoms with Gasteiger partial charge in [-0.25, -0.2) is 14.2 Å². The van der Waals surface area contributed by atoms with Crippen molar-refractivity contribution in [1.29, 1.82) is 0 Å². The third kappa shape index (κ3) is 3.08. The maximum absolute atomic E-state index is 13.4. The van der Waals surface area contributed by atoms with Gasteiger partial charge >= 0.3 is 5.97 Å². The van der Waals surface area contributed by atoms with Crippen molar-refractivity contribution in [2.45, 2.75) is 13.3 Å². The summed E-state index contributed by atoms with van der Waals surface area (Å²) in [6.45, 7) is 2.18. The number of carbonyl (C=O) groups is 1. The van der Waals surface area contributed by atoms with Gasteiger partial charge in [0.2, 0.25) is 0 Å². The fraction of sp³-hybridized carbons (Fsp3) is 0.231. The Morgan fingerprint density at radius 1 is 1.53 bits per heavy atom. The molecule has 1 aromatic carbocycles. The van der Waals surface area contributed by atoms with Gasteiger partial charge in [0.1, 0.15) is 17.1 Å². The van der Waals surface area contributed by atoms with Gasteiger partial charge in [-0.3, -0.25) is 0 Å². The van der Waals surface area contributed by atoms with Crippen LogP contribution in [0, 0.1) is 12.7 Å². The monoisotopic (exact) mass is 281 g/mol. The van der Waals surface area contributed by atoms with Crippen LogP contribution in [0.4, 0.5) is 4.39 Å². The Morgan fingerprint density at radius 2 is 2.32 bits per heavy atom. The summed E-state index contributed by atoms with van der Waals surface area (Å²) in [6, 6.07) is 3.98. The molecule has 0 spiro atoms. The van der Waals surface area contributed by atoms with Crippen molar-refractivity contribution in [2.75, 3.05) is 6.61 Å². The number of rotatable bonds is 5. The third-order valence-corrected chi connectivity index (χ3v) is 3.62. The van der Waals surface area contributed by atoms with Crippen molar-refractivity contribution in [2.24, 2.45) is 0 Å². The molecule has 100 valence electrons. The SMILES string of the molecule is Cc1ncsc1CCOc1cccc(F)c1C(=O)O. The quantitative estimate of drug-likeness (QED) is 0.915. The highest BCUT2D eigenvalue weighted by Crippen LogP contribution is 2.22. The van der Waals surface area contributed by atoms with E-state index < -0.39 is 17.3 Å². The molecule has 1 aromatic heterocycles. The van der Waals surface area contributed by atoms with Crippen LogP contribution >= 0.6 is 11.3 Å². The number of aromatic carboxylic acids is 1. The molecule has 0 aliphatic carbocycles. The molecule has 0 amide bonds. The number of aryl methyl sites for hydroxylation is 1. The second-order valence-corrected chi connectivity index (χ2v) is 4.82. The Bertz CT molecular complexity index is 597. The molecule has 0 bridgehead atoms. The number of benzene rings is 1. The summed E-state index contributed by atoms with van der Waals surface area (Å²) >= 11 is 1.52. The summed E-state index contributed by atoms with van der Waals surface area (Å²) in [7, 11) is 0. The van der Waals surface area contributed by atoms with Gasteiger partial charge in [-0.05, 0) is 19.1 Å². The van der Waals surface area contributed by atoms with Gasteiger partial charge in [0.15, 0.2) is 0 Å². The molecule has 0 saturated heterocycles. The zero-order valence-electron chi connectivity index (χ0n) is 10.2. The summed E-state index contributed by atoms with van der Waals surface area (Å²) in [5.74, 6) is -2.07. The van der Waals surface area contributed by atoms with E-state index in [1.165, 1.54) is 23.5 Å². The van der Waals surface area contributed by atoms with Gasteiger partial charge in [0.25, 0.3) is 0 Å². The Morgan fingerprint density at radius 3 is 2.95 bits per heavy atom. The van der Waals surface area contributed by atoms with Crippen molar-refractivity contribution in [3.05, 3.63) is 45.7 Å². The number of halogens is 1. The topological polar surface area (TPSA) is 59.4 Å². The Balaban J connectivity index is 2.06. The Hall–Kier alpha value is -1.95. The standard InChI is InChI=1S/C13H12FNO3S/c1-8-11(19-7-15-8)5-6-18-10-4-2-3-9(14)12(10)13(16)17/h2-4,7H,5-6H2,1H3,(H,16,17). The molecule has 0 aliphatic heterocycles. The van der Waals surface area contributed by atoms with Crippen molar-refractivity contribution < 1.29 is 19.0 Å². The molecule has 6 heteroatoms. The highest BCUT2D eigenvalue weighted by Gasteiger charge is 2.16. The summed E-state index contributed by atoms with van der Waals surface area (Å²) in [5.41, 5.74) is 2.25. The molecule has 4 nitrogen and oxygen atoms in total. The van der Waals surface area contributed by atoms with Crippen molar-refractivity contribution in [3.8, 4) is 5.75 Å². The first-order valence-electron chi connectivity index (χ1n) is 5.63. The van der Waals surface area contributed by atoms with Crippen LogP contribution in [0.5, 0.6) is 5.75 Å². The minimum absolute atomic E-state index is 0.0506. The first kappa shape index (κ1) is 13.5. The van der Waals surface area contributed by atoms with Crippen LogP contribution in [0.2, 0.25) is 0 Å². The first-order chi connectivity index (χ1) is 9.09. The predicted molar refractivity (Wildman–Crippen MR) is 69.4 cm³/mol. The number of hydrogen-bond acceptors (Lipinski definition) is 4. The van der Waals surface area contributed by atoms with E-state index in [-0.39, 0.29) is 12.4 Å². The third-order valence-electron chi connectivity index (χ3n) is 2.62. The average Bonchev–Trinajstić information content (AvgIpc) is 2.75. The number of hydrogen-bond donors (Lipinski definition) is 1. The van der Waals surface area contributed by atoms with Crippen molar-refractivity contribution in [3.63, 3.8) is 0 Å². The molecule has 0 saturated carbocycles. The van der Waals surface area contributed by atoms with Crippen LogP contribution in [-0.4, -0.2) is 22.7 Å². The number of carboxylic acid groups (broad SMARTS) is 1. The molecule has 0 unspecified atom stereocenters. The van der Waals surface area contributed by atoms with Crippen LogP contribution in [0.1, 0.15) is 20.9 Å². The molecule has 0 fully saturated rings. The van der Waals surface area contributed by atoms with Crippen molar-refractivity contribution in [1.82, 2.24) is 4.98 Å². The van der Waals surface area contributed by atoms with Crippen LogP contribution in [0.3, 0.4) is 0 Å². The number of ether oxygens (including phenoxy) is 1. The van der Waals surface area contributed by atoms with Crippen LogP contribution in [-0.2, 0) is 6.42 Å². The van der Waals surface area contributed by atoms with E-state index in [2.05, 4.69) is 4.98 Å². The summed E-state index contributed by atoms with van der Waals surface area (Å²) < 4.78 is 18.8. The van der Waals surface area contributed by atoms with Crippen LogP contribution in [0.25, 0.3) is 0 Å². The van der Waals surface area contributed by atoms with E-state index in [0.29, 0.717) is 6.42 Å². The lowest BCUT2D eigenvalue weighted by Gasteiger charge is -2.09. The van der Waals surface area contributed by atoms with E-state index in [1.807, 2.05) is 6.92 Å². The van der Waals surface area contributed by atoms with E-state index in [0.717, 1.165) is 16.6 Å². The Kier molecular flexibility index (Phi) is 4.11. The van der Waals surface area contributed by atoms with Crippen LogP contribution in [0.15, 0.2) is 23.7 Å². The maximum Gasteiger partial charge on any atom is 0.342 e. The number of nitrogens with zero attached hydrogens (tertiary/aromatic N) is 1. The predicted octanol–water partition coefficient (Wildman–Crippen LogP) is 2.91. The van der Waals surface area contributed by atoms with E-state index in [4.69, 9.17) is 9.84 Å². The summed E-state index contributed by atoms with van der Waals surface area (Å²) in [5, 5.41) is 8.95. The van der Waals surface area contributed by atoms with E-state index in [9.17, 15) is 9.18 Å². The summed E-state index contributed by atoms with van der Waals surface area (Å²) in [4.78, 5) is 16.1. The lowest BCUT2D eigenvalue weighted by atomic mass is 10.2. The highest BCUT2D eigenvalue weighted by molar-refractivity contribution is 7.09. The maximum atomic E-state index is 13.4. The highest BCUT2D eigenvalue weighted by atomic mass is 32.1. The lowest BCUT2D eigenvalue weighted by molar-refractivity contribution is 0.0687. The minimum atomic E-state index is -1.33. The largest absolute Gasteiger partial charge is 0.492 e. The zero-order chi connectivity index (χ0) is 13.8. The zero-order valence-corrected chi connectivity index (χ0v) is 11.0. The van der Waals surface area contributed by atoms with Crippen LogP contribution < -0.4 is 4.74 Å². The second kappa shape index (κ2) is 5.79. The van der Waals surface area contributed by atoms with Gasteiger partial charge in [-0.2, -0.15) is 0 Å². The summed E-state index contributed by atoms with van der Waals surface area (Å²) in [6.07, 6.45) is 0.617. The number of aromatic nitrogens is 1. The molecular weight excluding hydrogens is 269 g/mol. The lowest BCUT2D eigenvalue weighted by Crippen LogP contribution is -2.08. The minimum Gasteiger partial charge on any atom is -0.492 e. The molecule has 19 heavy (non-hydrogen) atoms. The normalized spacial score (nSPS) is 10.4. The van der Waals surface area contributed by atoms with Gasteiger partial charge in [0.05, 0.1) is 17.8 Å². The number of carboxylic acids is 1. The molecule has 2 rings (SSSR count). The molecule has 2 aromatic rings. The Labute approximate surface area is 113 Å². The van der Waals surface area contributed by atoms with E-state index in [1.54, 1.807) is 5.51 Å². The van der Waals surface area contributed by atoms with Crippen molar-refractivity contribution >= 4 is 17.3 Å². The van der Waals surface area contributed by atoms with Gasteiger partial charge in [0, 0.05) is 11.3 Å². The molecule has 0 atom stereocenters. The molecule has 1 N–H and O–H groups in total. The molecule has 1 heterocycles. The molecule has 0 aliphatic rings. The first-order valence-corrected chi connectivity index (χ1v) is 6.51. The fourth-order valence-corrected chi connectivity index (χ4v) is 2.41. The van der Waals surface area contributed by atoms with E-state index >= 15 is 0 Å². The molecule has 0 radical (unpaired) electrons. The fourth-order valence-electron chi connectivity index (χ4n) is 1.65. The van der Waals surface area contributed by atoms with Gasteiger partial charge < -0.3 is 9.84 Å². The average molecular weight is 281 g/mol. The van der Waals surface area contributed by atoms with Gasteiger partial charge in [-0.1, -0.05) is 6.07 Å². The second-order valence-electron chi connectivity index (χ2n) is 3.88. The number of thiazole rings is 1. The van der Waals surface area contributed by atoms with Gasteiger partial charge in [-0.15, -0.1) is 11.3 Å². The molecular formula is C13H12FNO3S.